The number of allylic oxidation sites excluding steroid dienone is 4. The van der Waals surface area contributed by atoms with Gasteiger partial charge in [0, 0.05) is 23.2 Å². The number of hydrogen-bond acceptors (Lipinski definition) is 6. The fourth-order valence-corrected chi connectivity index (χ4v) is 8.40. The van der Waals surface area contributed by atoms with E-state index in [2.05, 4.69) is 13.8 Å². The second-order valence-corrected chi connectivity index (χ2v) is 11.9. The second kappa shape index (κ2) is 9.96. The van der Waals surface area contributed by atoms with Crippen LogP contribution in [0.4, 0.5) is 0 Å². The molecule has 4 fully saturated rings. The molecule has 5 aliphatic rings. The largest absolute Gasteiger partial charge is 0.393 e. The third-order valence-corrected chi connectivity index (χ3v) is 10.1. The maximum atomic E-state index is 12.3. The van der Waals surface area contributed by atoms with Crippen LogP contribution in [0.3, 0.4) is 0 Å². The molecule has 4 saturated carbocycles. The molecule has 0 radical (unpaired) electrons. The average Bonchev–Trinajstić information content (AvgIpc) is 3.16. The molecular formula is C28H42O6. The van der Waals surface area contributed by atoms with Gasteiger partial charge >= 0.3 is 0 Å². The van der Waals surface area contributed by atoms with Crippen molar-refractivity contribution in [3.05, 3.63) is 23.8 Å². The topological polar surface area (TPSA) is 115 Å². The molecule has 0 aromatic rings. The van der Waals surface area contributed by atoms with E-state index in [-0.39, 0.29) is 40.2 Å². The van der Waals surface area contributed by atoms with E-state index >= 15 is 0 Å². The second-order valence-electron chi connectivity index (χ2n) is 11.9. The molecule has 4 N–H and O–H groups in total. The van der Waals surface area contributed by atoms with Gasteiger partial charge in [-0.1, -0.05) is 44.8 Å². The maximum Gasteiger partial charge on any atom is 0.178 e. The summed E-state index contributed by atoms with van der Waals surface area (Å²) in [6.07, 6.45) is 13.8. The zero-order valence-corrected chi connectivity index (χ0v) is 20.7. The normalized spacial score (nSPS) is 41.7. The highest BCUT2D eigenvalue weighted by molar-refractivity contribution is 6.01. The van der Waals surface area contributed by atoms with Gasteiger partial charge in [0.05, 0.1) is 6.10 Å². The Bertz CT molecular complexity index is 840. The zero-order chi connectivity index (χ0) is 24.7. The van der Waals surface area contributed by atoms with E-state index in [9.17, 15) is 19.8 Å². The number of rotatable bonds is 3. The van der Waals surface area contributed by atoms with E-state index in [0.717, 1.165) is 44.1 Å². The van der Waals surface area contributed by atoms with Crippen LogP contribution in [0.15, 0.2) is 23.8 Å². The van der Waals surface area contributed by atoms with E-state index in [0.29, 0.717) is 18.3 Å². The molecule has 190 valence electrons. The van der Waals surface area contributed by atoms with Crippen LogP contribution in [0.5, 0.6) is 0 Å². The molecule has 0 bridgehead atoms. The molecule has 7 atom stereocenters. The van der Waals surface area contributed by atoms with E-state index in [4.69, 9.17) is 10.2 Å². The summed E-state index contributed by atoms with van der Waals surface area (Å²) in [4.78, 5) is 24.1. The third-order valence-electron chi connectivity index (χ3n) is 10.1. The number of carbonyl (C=O) groups is 2. The number of carbonyl (C=O) groups excluding carboxylic acids is 2. The van der Waals surface area contributed by atoms with Crippen molar-refractivity contribution in [1.29, 1.82) is 0 Å². The standard InChI is InChI=1S/C21H28O4.C7H14O2/c1-20-8-7-13(23)9-12(20)3-4-14-15-5-6-16(18(25)11-22)21(15,2)10-17(24)19(14)20;8-7(9)6-4-2-1-3-5-6/h7-9,14-17,19,22,24H,3-6,10-11H2,1-2H3;6-9H,1-5H2. The summed E-state index contributed by atoms with van der Waals surface area (Å²) in [5, 5.41) is 38.0. The molecule has 0 aliphatic heterocycles. The molecule has 6 heteroatoms. The van der Waals surface area contributed by atoms with E-state index in [1.54, 1.807) is 12.2 Å². The highest BCUT2D eigenvalue weighted by atomic mass is 16.5. The van der Waals surface area contributed by atoms with Crippen LogP contribution in [-0.4, -0.2) is 51.0 Å². The van der Waals surface area contributed by atoms with Gasteiger partial charge in [-0.15, -0.1) is 0 Å². The Morgan fingerprint density at radius 1 is 1.09 bits per heavy atom. The Labute approximate surface area is 203 Å². The van der Waals surface area contributed by atoms with Gasteiger partial charge in [0.15, 0.2) is 17.9 Å². The van der Waals surface area contributed by atoms with Crippen molar-refractivity contribution in [2.45, 2.75) is 90.4 Å². The Hall–Kier alpha value is -1.34. The lowest BCUT2D eigenvalue weighted by Gasteiger charge is -2.58. The number of Topliss-reactive ketones (excluding diaryl/α,β-unsaturated/α-hetero) is 1. The number of aliphatic hydroxyl groups is 4. The highest BCUT2D eigenvalue weighted by Crippen LogP contribution is 2.66. The van der Waals surface area contributed by atoms with Crippen molar-refractivity contribution < 1.29 is 30.0 Å². The molecule has 6 nitrogen and oxygen atoms in total. The van der Waals surface area contributed by atoms with Crippen LogP contribution >= 0.6 is 0 Å². The summed E-state index contributed by atoms with van der Waals surface area (Å²) in [6.45, 7) is 3.92. The van der Waals surface area contributed by atoms with Crippen molar-refractivity contribution in [2.24, 2.45) is 40.4 Å². The third kappa shape index (κ3) is 4.47. The van der Waals surface area contributed by atoms with Crippen molar-refractivity contribution in [2.75, 3.05) is 6.61 Å². The summed E-state index contributed by atoms with van der Waals surface area (Å²) < 4.78 is 0. The Kier molecular flexibility index (Phi) is 7.54. The number of fused-ring (bicyclic) bond motifs is 5. The lowest BCUT2D eigenvalue weighted by molar-refractivity contribution is -0.141. The SMILES string of the molecule is CC12C=CC(=O)C=C1CCC1C2C(O)CC2(C)C(C(=O)CO)CCC12.OC(O)C1CCCCC1. The first kappa shape index (κ1) is 25.7. The van der Waals surface area contributed by atoms with Gasteiger partial charge in [0.1, 0.15) is 6.61 Å². The Balaban J connectivity index is 0.000000257. The molecule has 0 spiro atoms. The Morgan fingerprint density at radius 3 is 2.41 bits per heavy atom. The molecule has 0 saturated heterocycles. The van der Waals surface area contributed by atoms with Gasteiger partial charge in [-0.2, -0.15) is 0 Å². The van der Waals surface area contributed by atoms with Crippen molar-refractivity contribution in [3.8, 4) is 0 Å². The average molecular weight is 475 g/mol. The summed E-state index contributed by atoms with van der Waals surface area (Å²) in [5.74, 6) is 0.899. The van der Waals surface area contributed by atoms with Crippen LogP contribution in [0.2, 0.25) is 0 Å². The van der Waals surface area contributed by atoms with Gasteiger partial charge in [0.2, 0.25) is 0 Å². The van der Waals surface area contributed by atoms with Gasteiger partial charge < -0.3 is 20.4 Å². The van der Waals surface area contributed by atoms with E-state index < -0.39 is 19.0 Å². The minimum atomic E-state index is -1.06. The highest BCUT2D eigenvalue weighted by Gasteiger charge is 2.62. The zero-order valence-electron chi connectivity index (χ0n) is 20.7. The fraction of sp³-hybridized carbons (Fsp3) is 0.786. The van der Waals surface area contributed by atoms with Gasteiger partial charge in [-0.3, -0.25) is 9.59 Å². The number of ketones is 2. The van der Waals surface area contributed by atoms with Crippen molar-refractivity contribution >= 4 is 11.6 Å². The van der Waals surface area contributed by atoms with E-state index in [1.807, 2.05) is 6.08 Å². The smallest absolute Gasteiger partial charge is 0.178 e. The van der Waals surface area contributed by atoms with Crippen LogP contribution in [0.1, 0.15) is 78.1 Å². The first-order valence-corrected chi connectivity index (χ1v) is 13.2. The fourth-order valence-electron chi connectivity index (χ4n) is 8.40. The van der Waals surface area contributed by atoms with Crippen LogP contribution < -0.4 is 0 Å². The van der Waals surface area contributed by atoms with Gasteiger partial charge in [0.25, 0.3) is 0 Å². The summed E-state index contributed by atoms with van der Waals surface area (Å²) in [6, 6.07) is 0. The predicted molar refractivity (Wildman–Crippen MR) is 128 cm³/mol. The lowest BCUT2D eigenvalue weighted by atomic mass is 9.46. The lowest BCUT2D eigenvalue weighted by Crippen LogP contribution is -2.56. The molecule has 34 heavy (non-hydrogen) atoms. The van der Waals surface area contributed by atoms with Crippen LogP contribution in [0.25, 0.3) is 0 Å². The van der Waals surface area contributed by atoms with Crippen LogP contribution in [-0.2, 0) is 9.59 Å². The van der Waals surface area contributed by atoms with Crippen LogP contribution in [0, 0.1) is 40.4 Å². The molecule has 0 heterocycles. The minimum Gasteiger partial charge on any atom is -0.393 e. The number of aliphatic hydroxyl groups excluding tert-OH is 3. The molecule has 0 aromatic heterocycles. The minimum absolute atomic E-state index is 0.0514. The molecule has 7 unspecified atom stereocenters. The molecule has 5 aliphatic carbocycles. The van der Waals surface area contributed by atoms with Crippen molar-refractivity contribution in [3.63, 3.8) is 0 Å². The molecular weight excluding hydrogens is 432 g/mol. The Morgan fingerprint density at radius 2 is 1.79 bits per heavy atom. The first-order valence-electron chi connectivity index (χ1n) is 13.2. The van der Waals surface area contributed by atoms with Gasteiger partial charge in [-0.05, 0) is 74.3 Å². The first-order chi connectivity index (χ1) is 16.1. The number of hydrogen-bond donors (Lipinski definition) is 4. The molecule has 0 aromatic carbocycles. The summed E-state index contributed by atoms with van der Waals surface area (Å²) in [5.41, 5.74) is 0.688. The predicted octanol–water partition coefficient (Wildman–Crippen LogP) is 3.32. The quantitative estimate of drug-likeness (QED) is 0.467. The van der Waals surface area contributed by atoms with E-state index in [1.165, 1.54) is 19.3 Å². The molecule has 0 amide bonds. The molecule has 5 rings (SSSR count). The summed E-state index contributed by atoms with van der Waals surface area (Å²) in [7, 11) is 0. The van der Waals surface area contributed by atoms with Crippen molar-refractivity contribution in [1.82, 2.24) is 0 Å². The van der Waals surface area contributed by atoms with Gasteiger partial charge in [-0.25, -0.2) is 0 Å². The summed E-state index contributed by atoms with van der Waals surface area (Å²) >= 11 is 0. The maximum absolute atomic E-state index is 12.3. The monoisotopic (exact) mass is 474 g/mol.